The van der Waals surface area contributed by atoms with Gasteiger partial charge in [-0.25, -0.2) is 0 Å². The number of aryl methyl sites for hydroxylation is 1. The van der Waals surface area contributed by atoms with E-state index < -0.39 is 11.8 Å². The molecular weight excluding hydrogens is 192 g/mol. The van der Waals surface area contributed by atoms with Crippen LogP contribution in [0, 0.1) is 6.92 Å². The summed E-state index contributed by atoms with van der Waals surface area (Å²) in [4.78, 5) is 22.4. The molecule has 0 aliphatic carbocycles. The second kappa shape index (κ2) is 5.14. The molecule has 0 bridgehead atoms. The minimum absolute atomic E-state index is 0.445. The van der Waals surface area contributed by atoms with Gasteiger partial charge in [0.1, 0.15) is 0 Å². The molecule has 0 heterocycles. The van der Waals surface area contributed by atoms with Crippen LogP contribution in [0.1, 0.15) is 12.5 Å². The fourth-order valence-electron chi connectivity index (χ4n) is 1.15. The number of anilines is 1. The maximum Gasteiger partial charge on any atom is 0.313 e. The molecule has 0 spiro atoms. The minimum Gasteiger partial charge on any atom is -0.348 e. The molecule has 2 N–H and O–H groups in total. The highest BCUT2D eigenvalue weighted by atomic mass is 16.2. The first-order chi connectivity index (χ1) is 7.13. The minimum atomic E-state index is -0.637. The Balaban J connectivity index is 2.62. The lowest BCUT2D eigenvalue weighted by Crippen LogP contribution is -2.35. The van der Waals surface area contributed by atoms with Crippen LogP contribution in [0.4, 0.5) is 5.69 Å². The number of carbonyl (C=O) groups is 2. The molecular formula is C11H14N2O2. The number of hydrogen-bond acceptors (Lipinski definition) is 2. The first kappa shape index (κ1) is 11.2. The second-order valence-corrected chi connectivity index (χ2v) is 3.18. The van der Waals surface area contributed by atoms with E-state index in [0.717, 1.165) is 5.56 Å². The van der Waals surface area contributed by atoms with Gasteiger partial charge in [-0.15, -0.1) is 0 Å². The summed E-state index contributed by atoms with van der Waals surface area (Å²) < 4.78 is 0. The number of benzene rings is 1. The monoisotopic (exact) mass is 206 g/mol. The Hall–Kier alpha value is -1.84. The molecule has 0 saturated carbocycles. The molecule has 0 saturated heterocycles. The maximum atomic E-state index is 11.3. The number of nitrogens with one attached hydrogen (secondary N) is 2. The highest BCUT2D eigenvalue weighted by Crippen LogP contribution is 2.08. The summed E-state index contributed by atoms with van der Waals surface area (Å²) in [7, 11) is 0. The number of likely N-dealkylation sites (N-methyl/N-ethyl adjacent to an activating group) is 1. The van der Waals surface area contributed by atoms with Crippen LogP contribution in [-0.2, 0) is 9.59 Å². The number of amides is 2. The van der Waals surface area contributed by atoms with Crippen molar-refractivity contribution in [3.63, 3.8) is 0 Å². The number of rotatable bonds is 2. The van der Waals surface area contributed by atoms with Gasteiger partial charge in [-0.2, -0.15) is 0 Å². The van der Waals surface area contributed by atoms with E-state index in [9.17, 15) is 9.59 Å². The Bertz CT molecular complexity index is 375. The Kier molecular flexibility index (Phi) is 3.85. The molecule has 80 valence electrons. The normalized spacial score (nSPS) is 9.47. The van der Waals surface area contributed by atoms with Crippen molar-refractivity contribution >= 4 is 17.5 Å². The van der Waals surface area contributed by atoms with Gasteiger partial charge in [0.05, 0.1) is 0 Å². The van der Waals surface area contributed by atoms with Crippen LogP contribution >= 0.6 is 0 Å². The van der Waals surface area contributed by atoms with E-state index in [2.05, 4.69) is 10.6 Å². The molecule has 0 unspecified atom stereocenters. The standard InChI is InChI=1S/C11H14N2O2/c1-3-12-10(14)11(15)13-9-6-4-5-8(2)7-9/h4-7H,3H2,1-2H3,(H,12,14)(H,13,15). The third-order valence-corrected chi connectivity index (χ3v) is 1.82. The van der Waals surface area contributed by atoms with Gasteiger partial charge in [0.2, 0.25) is 0 Å². The summed E-state index contributed by atoms with van der Waals surface area (Å²) in [6, 6.07) is 7.28. The molecule has 2 amide bonds. The lowest BCUT2D eigenvalue weighted by atomic mass is 10.2. The van der Waals surface area contributed by atoms with Gasteiger partial charge >= 0.3 is 11.8 Å². The van der Waals surface area contributed by atoms with Crippen LogP contribution in [0.3, 0.4) is 0 Å². The van der Waals surface area contributed by atoms with Crippen molar-refractivity contribution in [1.29, 1.82) is 0 Å². The van der Waals surface area contributed by atoms with Crippen LogP contribution in [0.15, 0.2) is 24.3 Å². The molecule has 0 atom stereocenters. The zero-order valence-electron chi connectivity index (χ0n) is 8.83. The quantitative estimate of drug-likeness (QED) is 0.711. The smallest absolute Gasteiger partial charge is 0.313 e. The summed E-state index contributed by atoms with van der Waals surface area (Å²) in [6.07, 6.45) is 0. The summed E-state index contributed by atoms with van der Waals surface area (Å²) in [5.74, 6) is -1.25. The summed E-state index contributed by atoms with van der Waals surface area (Å²) in [6.45, 7) is 4.12. The topological polar surface area (TPSA) is 58.2 Å². The molecule has 1 rings (SSSR count). The Labute approximate surface area is 88.7 Å². The number of carbonyl (C=O) groups excluding carboxylic acids is 2. The third-order valence-electron chi connectivity index (χ3n) is 1.82. The van der Waals surface area contributed by atoms with Crippen molar-refractivity contribution in [2.75, 3.05) is 11.9 Å². The van der Waals surface area contributed by atoms with Crippen molar-refractivity contribution in [3.8, 4) is 0 Å². The Morgan fingerprint density at radius 2 is 2.00 bits per heavy atom. The van der Waals surface area contributed by atoms with E-state index in [1.165, 1.54) is 0 Å². The predicted octanol–water partition coefficient (Wildman–Crippen LogP) is 1.07. The van der Waals surface area contributed by atoms with Crippen molar-refractivity contribution in [2.45, 2.75) is 13.8 Å². The summed E-state index contributed by atoms with van der Waals surface area (Å²) in [5.41, 5.74) is 1.66. The van der Waals surface area contributed by atoms with E-state index in [-0.39, 0.29) is 0 Å². The third kappa shape index (κ3) is 3.42. The summed E-state index contributed by atoms with van der Waals surface area (Å²) in [5, 5.41) is 4.95. The molecule has 15 heavy (non-hydrogen) atoms. The van der Waals surface area contributed by atoms with Crippen LogP contribution in [0.25, 0.3) is 0 Å². The van der Waals surface area contributed by atoms with Crippen LogP contribution in [-0.4, -0.2) is 18.4 Å². The van der Waals surface area contributed by atoms with Crippen LogP contribution < -0.4 is 10.6 Å². The van der Waals surface area contributed by atoms with Gasteiger partial charge in [0, 0.05) is 12.2 Å². The van der Waals surface area contributed by atoms with Crippen molar-refractivity contribution < 1.29 is 9.59 Å². The molecule has 0 fully saturated rings. The second-order valence-electron chi connectivity index (χ2n) is 3.18. The molecule has 0 aromatic heterocycles. The zero-order chi connectivity index (χ0) is 11.3. The van der Waals surface area contributed by atoms with Gasteiger partial charge in [0.15, 0.2) is 0 Å². The lowest BCUT2D eigenvalue weighted by molar-refractivity contribution is -0.136. The van der Waals surface area contributed by atoms with Crippen LogP contribution in [0.2, 0.25) is 0 Å². The average molecular weight is 206 g/mol. The van der Waals surface area contributed by atoms with Gasteiger partial charge < -0.3 is 10.6 Å². The molecule has 0 radical (unpaired) electrons. The fraction of sp³-hybridized carbons (Fsp3) is 0.273. The lowest BCUT2D eigenvalue weighted by Gasteiger charge is -2.05. The molecule has 0 aliphatic heterocycles. The molecule has 1 aromatic rings. The van der Waals surface area contributed by atoms with Gasteiger partial charge in [-0.05, 0) is 31.5 Å². The largest absolute Gasteiger partial charge is 0.348 e. The molecule has 4 nitrogen and oxygen atoms in total. The van der Waals surface area contributed by atoms with Crippen molar-refractivity contribution in [2.24, 2.45) is 0 Å². The average Bonchev–Trinajstić information content (AvgIpc) is 2.18. The van der Waals surface area contributed by atoms with Gasteiger partial charge in [0.25, 0.3) is 0 Å². The van der Waals surface area contributed by atoms with E-state index in [1.807, 2.05) is 19.1 Å². The first-order valence-electron chi connectivity index (χ1n) is 4.79. The Morgan fingerprint density at radius 3 is 2.60 bits per heavy atom. The number of hydrogen-bond donors (Lipinski definition) is 2. The molecule has 0 aliphatic rings. The van der Waals surface area contributed by atoms with E-state index in [4.69, 9.17) is 0 Å². The van der Waals surface area contributed by atoms with Crippen molar-refractivity contribution in [3.05, 3.63) is 29.8 Å². The predicted molar refractivity (Wildman–Crippen MR) is 58.5 cm³/mol. The highest BCUT2D eigenvalue weighted by molar-refractivity contribution is 6.39. The molecule has 4 heteroatoms. The van der Waals surface area contributed by atoms with Crippen LogP contribution in [0.5, 0.6) is 0 Å². The van der Waals surface area contributed by atoms with Gasteiger partial charge in [-0.3, -0.25) is 9.59 Å². The van der Waals surface area contributed by atoms with Crippen molar-refractivity contribution in [1.82, 2.24) is 5.32 Å². The Morgan fingerprint density at radius 1 is 1.27 bits per heavy atom. The zero-order valence-corrected chi connectivity index (χ0v) is 8.83. The van der Waals surface area contributed by atoms with Gasteiger partial charge in [-0.1, -0.05) is 12.1 Å². The molecule has 1 aromatic carbocycles. The highest BCUT2D eigenvalue weighted by Gasteiger charge is 2.11. The summed E-state index contributed by atoms with van der Waals surface area (Å²) >= 11 is 0. The van der Waals surface area contributed by atoms with E-state index >= 15 is 0 Å². The van der Waals surface area contributed by atoms with E-state index in [1.54, 1.807) is 19.1 Å². The van der Waals surface area contributed by atoms with E-state index in [0.29, 0.717) is 12.2 Å². The first-order valence-corrected chi connectivity index (χ1v) is 4.79. The SMILES string of the molecule is CCNC(=O)C(=O)Nc1cccc(C)c1. The maximum absolute atomic E-state index is 11.3. The fourth-order valence-corrected chi connectivity index (χ4v) is 1.15.